The molecule has 1 aromatic rings. The average Bonchev–Trinajstić information content (AvgIpc) is 2.67. The van der Waals surface area contributed by atoms with Crippen LogP contribution in [0, 0.1) is 21.4 Å². The molecular weight excluding hydrogens is 268 g/mol. The molecule has 1 heterocycles. The second-order valence-corrected chi connectivity index (χ2v) is 5.44. The molecule has 6 nitrogen and oxygen atoms in total. The van der Waals surface area contributed by atoms with Crippen LogP contribution in [-0.4, -0.2) is 42.5 Å². The number of nitro benzene ring substituents is 1. The van der Waals surface area contributed by atoms with Crippen molar-refractivity contribution >= 4 is 11.4 Å². The monoisotopic (exact) mass is 288 g/mol. The van der Waals surface area contributed by atoms with Crippen molar-refractivity contribution in [2.24, 2.45) is 0 Å². The zero-order valence-electron chi connectivity index (χ0n) is 12.5. The molecule has 0 aromatic heterocycles. The highest BCUT2D eigenvalue weighted by Crippen LogP contribution is 2.28. The van der Waals surface area contributed by atoms with Gasteiger partial charge in [0.25, 0.3) is 5.69 Å². The third-order valence-corrected chi connectivity index (χ3v) is 3.99. The van der Waals surface area contributed by atoms with Crippen LogP contribution < -0.4 is 4.90 Å². The summed E-state index contributed by atoms with van der Waals surface area (Å²) in [5.74, 6) is 0. The lowest BCUT2D eigenvalue weighted by atomic mass is 10.1. The second-order valence-electron chi connectivity index (χ2n) is 5.44. The van der Waals surface area contributed by atoms with Crippen LogP contribution in [0.25, 0.3) is 0 Å². The Kier molecular flexibility index (Phi) is 4.76. The van der Waals surface area contributed by atoms with E-state index in [1.165, 1.54) is 12.1 Å². The van der Waals surface area contributed by atoms with Crippen molar-refractivity contribution in [3.63, 3.8) is 0 Å². The second kappa shape index (κ2) is 6.55. The number of hydrogen-bond acceptors (Lipinski definition) is 5. The van der Waals surface area contributed by atoms with Crippen LogP contribution in [0.5, 0.6) is 0 Å². The molecule has 0 amide bonds. The highest BCUT2D eigenvalue weighted by atomic mass is 16.6. The standard InChI is InChI=1S/C15H20N4O2/c1-3-13-11-17(2)7-4-8-18(13)15-6-5-14(19(20)21)9-12(15)10-16/h5-6,9,13H,3-4,7-8,11H2,1-2H3. The summed E-state index contributed by atoms with van der Waals surface area (Å²) in [6.45, 7) is 4.98. The molecule has 1 aliphatic rings. The summed E-state index contributed by atoms with van der Waals surface area (Å²) in [4.78, 5) is 14.9. The Morgan fingerprint density at radius 1 is 1.48 bits per heavy atom. The minimum Gasteiger partial charge on any atom is -0.366 e. The van der Waals surface area contributed by atoms with Gasteiger partial charge in [-0.05, 0) is 32.5 Å². The minimum absolute atomic E-state index is 0.0321. The minimum atomic E-state index is -0.460. The van der Waals surface area contributed by atoms with E-state index in [0.29, 0.717) is 11.6 Å². The molecule has 1 aliphatic heterocycles. The largest absolute Gasteiger partial charge is 0.366 e. The number of benzene rings is 1. The number of nitriles is 1. The smallest absolute Gasteiger partial charge is 0.270 e. The van der Waals surface area contributed by atoms with Crippen LogP contribution in [0.4, 0.5) is 11.4 Å². The quantitative estimate of drug-likeness (QED) is 0.630. The van der Waals surface area contributed by atoms with Gasteiger partial charge < -0.3 is 9.80 Å². The molecule has 1 atom stereocenters. The number of rotatable bonds is 3. The van der Waals surface area contributed by atoms with E-state index in [1.54, 1.807) is 6.07 Å². The fourth-order valence-corrected chi connectivity index (χ4v) is 2.89. The summed E-state index contributed by atoms with van der Waals surface area (Å²) >= 11 is 0. The average molecular weight is 288 g/mol. The molecule has 0 N–H and O–H groups in total. The molecule has 1 fully saturated rings. The first-order chi connectivity index (χ1) is 10.1. The van der Waals surface area contributed by atoms with Crippen molar-refractivity contribution in [1.29, 1.82) is 5.26 Å². The number of nitrogens with zero attached hydrogens (tertiary/aromatic N) is 4. The van der Waals surface area contributed by atoms with Crippen LogP contribution in [0.1, 0.15) is 25.3 Å². The van der Waals surface area contributed by atoms with Crippen molar-refractivity contribution in [3.05, 3.63) is 33.9 Å². The van der Waals surface area contributed by atoms with Gasteiger partial charge in [0.2, 0.25) is 0 Å². The van der Waals surface area contributed by atoms with E-state index in [0.717, 1.165) is 38.2 Å². The van der Waals surface area contributed by atoms with Gasteiger partial charge in [0.05, 0.1) is 16.2 Å². The fraction of sp³-hybridized carbons (Fsp3) is 0.533. The van der Waals surface area contributed by atoms with Gasteiger partial charge in [-0.3, -0.25) is 10.1 Å². The van der Waals surface area contributed by atoms with Gasteiger partial charge in [-0.15, -0.1) is 0 Å². The van der Waals surface area contributed by atoms with Gasteiger partial charge in [-0.25, -0.2) is 0 Å². The van der Waals surface area contributed by atoms with Crippen molar-refractivity contribution in [1.82, 2.24) is 4.90 Å². The molecule has 2 rings (SSSR count). The molecule has 0 radical (unpaired) electrons. The maximum atomic E-state index is 10.9. The molecule has 1 aromatic carbocycles. The maximum absolute atomic E-state index is 10.9. The van der Waals surface area contributed by atoms with Gasteiger partial charge in [0, 0.05) is 31.3 Å². The summed E-state index contributed by atoms with van der Waals surface area (Å²) in [6.07, 6.45) is 2.00. The van der Waals surface area contributed by atoms with Crippen LogP contribution in [-0.2, 0) is 0 Å². The lowest BCUT2D eigenvalue weighted by molar-refractivity contribution is -0.384. The Bertz CT molecular complexity index is 567. The summed E-state index contributed by atoms with van der Waals surface area (Å²) in [5.41, 5.74) is 1.16. The maximum Gasteiger partial charge on any atom is 0.270 e. The number of nitro groups is 1. The predicted octanol–water partition coefficient (Wildman–Crippen LogP) is 2.39. The van der Waals surface area contributed by atoms with E-state index in [9.17, 15) is 15.4 Å². The van der Waals surface area contributed by atoms with Crippen LogP contribution in [0.15, 0.2) is 18.2 Å². The first-order valence-electron chi connectivity index (χ1n) is 7.20. The van der Waals surface area contributed by atoms with Crippen LogP contribution >= 0.6 is 0 Å². The summed E-state index contributed by atoms with van der Waals surface area (Å²) in [5, 5.41) is 20.2. The molecule has 0 aliphatic carbocycles. The van der Waals surface area contributed by atoms with Crippen molar-refractivity contribution in [2.75, 3.05) is 31.6 Å². The van der Waals surface area contributed by atoms with Crippen molar-refractivity contribution in [2.45, 2.75) is 25.8 Å². The third kappa shape index (κ3) is 3.31. The normalized spacial score (nSPS) is 19.9. The number of non-ortho nitro benzene ring substituents is 1. The molecule has 6 heteroatoms. The number of hydrogen-bond donors (Lipinski definition) is 0. The Balaban J connectivity index is 2.39. The van der Waals surface area contributed by atoms with Gasteiger partial charge in [0.1, 0.15) is 6.07 Å². The summed E-state index contributed by atoms with van der Waals surface area (Å²) in [7, 11) is 2.10. The van der Waals surface area contributed by atoms with E-state index in [4.69, 9.17) is 0 Å². The first kappa shape index (κ1) is 15.3. The number of likely N-dealkylation sites (N-methyl/N-ethyl adjacent to an activating group) is 1. The number of anilines is 1. The van der Waals surface area contributed by atoms with Crippen molar-refractivity contribution in [3.8, 4) is 6.07 Å². The lowest BCUT2D eigenvalue weighted by Gasteiger charge is -2.32. The highest BCUT2D eigenvalue weighted by molar-refractivity contribution is 5.63. The van der Waals surface area contributed by atoms with E-state index in [2.05, 4.69) is 29.8 Å². The van der Waals surface area contributed by atoms with Gasteiger partial charge in [0.15, 0.2) is 0 Å². The molecular formula is C15H20N4O2. The molecule has 0 bridgehead atoms. The highest BCUT2D eigenvalue weighted by Gasteiger charge is 2.25. The Hall–Kier alpha value is -2.13. The molecule has 1 unspecified atom stereocenters. The third-order valence-electron chi connectivity index (χ3n) is 3.99. The zero-order valence-corrected chi connectivity index (χ0v) is 12.5. The van der Waals surface area contributed by atoms with E-state index < -0.39 is 4.92 Å². The molecule has 1 saturated heterocycles. The van der Waals surface area contributed by atoms with Gasteiger partial charge in [-0.2, -0.15) is 5.26 Å². The Morgan fingerprint density at radius 2 is 2.24 bits per heavy atom. The predicted molar refractivity (Wildman–Crippen MR) is 81.4 cm³/mol. The molecule has 21 heavy (non-hydrogen) atoms. The first-order valence-corrected chi connectivity index (χ1v) is 7.20. The van der Waals surface area contributed by atoms with E-state index in [1.807, 2.05) is 0 Å². The summed E-state index contributed by atoms with van der Waals surface area (Å²) in [6, 6.07) is 7.00. The topological polar surface area (TPSA) is 73.4 Å². The van der Waals surface area contributed by atoms with Crippen LogP contribution in [0.3, 0.4) is 0 Å². The zero-order chi connectivity index (χ0) is 15.4. The van der Waals surface area contributed by atoms with E-state index >= 15 is 0 Å². The fourth-order valence-electron chi connectivity index (χ4n) is 2.89. The Labute approximate surface area is 124 Å². The molecule has 112 valence electrons. The summed E-state index contributed by atoms with van der Waals surface area (Å²) < 4.78 is 0. The van der Waals surface area contributed by atoms with Gasteiger partial charge >= 0.3 is 0 Å². The Morgan fingerprint density at radius 3 is 2.86 bits per heavy atom. The molecule has 0 saturated carbocycles. The molecule has 0 spiro atoms. The van der Waals surface area contributed by atoms with Crippen LogP contribution in [0.2, 0.25) is 0 Å². The SMILES string of the molecule is CCC1CN(C)CCCN1c1ccc([N+](=O)[O-])cc1C#N. The van der Waals surface area contributed by atoms with Crippen molar-refractivity contribution < 1.29 is 4.92 Å². The van der Waals surface area contributed by atoms with Gasteiger partial charge in [-0.1, -0.05) is 6.92 Å². The lowest BCUT2D eigenvalue weighted by Crippen LogP contribution is -2.40. The van der Waals surface area contributed by atoms with E-state index in [-0.39, 0.29) is 5.69 Å².